The largest absolute Gasteiger partial charge is 0.504 e. The molecule has 0 aliphatic heterocycles. The minimum Gasteiger partial charge on any atom is -0.504 e. The summed E-state index contributed by atoms with van der Waals surface area (Å²) in [6.07, 6.45) is 2.69. The minimum absolute atomic E-state index is 0.105. The topological polar surface area (TPSA) is 124 Å². The molecule has 24 heavy (non-hydrogen) atoms. The normalized spacial score (nSPS) is 11.2. The second-order valence-corrected chi connectivity index (χ2v) is 4.67. The molecule has 0 saturated carbocycles. The summed E-state index contributed by atoms with van der Waals surface area (Å²) in [6, 6.07) is 5.55. The molecule has 0 heterocycles. The maximum atomic E-state index is 9.57. The molecule has 0 spiro atoms. The number of nitrogens with zero attached hydrogens (tertiary/aromatic N) is 2. The molecule has 0 radical (unpaired) electrons. The van der Waals surface area contributed by atoms with Crippen molar-refractivity contribution in [3.8, 4) is 34.5 Å². The summed E-state index contributed by atoms with van der Waals surface area (Å²) in [4.78, 5) is 0. The summed E-state index contributed by atoms with van der Waals surface area (Å²) in [5.41, 5.74) is 0.927. The Labute approximate surface area is 137 Å². The molecule has 0 aromatic heterocycles. The van der Waals surface area contributed by atoms with Crippen LogP contribution in [0.4, 0.5) is 0 Å². The average Bonchev–Trinajstić information content (AvgIpc) is 2.57. The number of methoxy groups -OCH3 is 2. The van der Waals surface area contributed by atoms with Gasteiger partial charge in [-0.05, 0) is 24.3 Å². The molecule has 126 valence electrons. The predicted molar refractivity (Wildman–Crippen MR) is 87.8 cm³/mol. The van der Waals surface area contributed by atoms with Crippen LogP contribution in [-0.4, -0.2) is 47.1 Å². The van der Waals surface area contributed by atoms with Crippen LogP contribution < -0.4 is 9.47 Å². The lowest BCUT2D eigenvalue weighted by Crippen LogP contribution is -1.89. The van der Waals surface area contributed by atoms with Crippen LogP contribution in [0.15, 0.2) is 34.5 Å². The number of rotatable bonds is 5. The molecule has 0 fully saturated rings. The van der Waals surface area contributed by atoms with Crippen molar-refractivity contribution in [2.75, 3.05) is 14.2 Å². The molecule has 2 aromatic carbocycles. The van der Waals surface area contributed by atoms with Gasteiger partial charge in [0.1, 0.15) is 0 Å². The summed E-state index contributed by atoms with van der Waals surface area (Å²) < 4.78 is 9.83. The van der Waals surface area contributed by atoms with Crippen LogP contribution in [0.1, 0.15) is 11.1 Å². The van der Waals surface area contributed by atoms with Crippen LogP contribution in [0, 0.1) is 0 Å². The zero-order valence-corrected chi connectivity index (χ0v) is 13.0. The molecule has 0 bridgehead atoms. The lowest BCUT2D eigenvalue weighted by molar-refractivity contribution is 0.351. The van der Waals surface area contributed by atoms with E-state index >= 15 is 0 Å². The minimum atomic E-state index is -0.357. The molecule has 0 aliphatic rings. The highest BCUT2D eigenvalue weighted by Crippen LogP contribution is 2.36. The second kappa shape index (κ2) is 7.23. The highest BCUT2D eigenvalue weighted by atomic mass is 16.5. The molecule has 0 amide bonds. The second-order valence-electron chi connectivity index (χ2n) is 4.67. The highest BCUT2D eigenvalue weighted by molar-refractivity contribution is 5.85. The van der Waals surface area contributed by atoms with Gasteiger partial charge in [-0.1, -0.05) is 0 Å². The van der Waals surface area contributed by atoms with Crippen molar-refractivity contribution in [1.82, 2.24) is 0 Å². The van der Waals surface area contributed by atoms with Gasteiger partial charge in [-0.25, -0.2) is 0 Å². The lowest BCUT2D eigenvalue weighted by atomic mass is 10.2. The van der Waals surface area contributed by atoms with E-state index < -0.39 is 0 Å². The van der Waals surface area contributed by atoms with Crippen LogP contribution in [0.3, 0.4) is 0 Å². The Morgan fingerprint density at radius 1 is 0.708 bits per heavy atom. The smallest absolute Gasteiger partial charge is 0.200 e. The van der Waals surface area contributed by atoms with E-state index in [0.29, 0.717) is 11.1 Å². The van der Waals surface area contributed by atoms with Crippen molar-refractivity contribution in [3.05, 3.63) is 35.4 Å². The molecule has 0 unspecified atom stereocenters. The van der Waals surface area contributed by atoms with Crippen LogP contribution in [0.5, 0.6) is 34.5 Å². The third kappa shape index (κ3) is 3.67. The fourth-order valence-corrected chi connectivity index (χ4v) is 1.89. The van der Waals surface area contributed by atoms with E-state index in [2.05, 4.69) is 10.2 Å². The van der Waals surface area contributed by atoms with Gasteiger partial charge in [0.05, 0.1) is 26.6 Å². The van der Waals surface area contributed by atoms with Gasteiger partial charge in [-0.2, -0.15) is 10.2 Å². The zero-order chi connectivity index (χ0) is 17.7. The van der Waals surface area contributed by atoms with Gasteiger partial charge in [0.2, 0.25) is 11.5 Å². The van der Waals surface area contributed by atoms with E-state index in [1.165, 1.54) is 50.9 Å². The van der Waals surface area contributed by atoms with Crippen molar-refractivity contribution >= 4 is 12.4 Å². The number of ether oxygens (including phenoxy) is 2. The van der Waals surface area contributed by atoms with Gasteiger partial charge in [-0.15, -0.1) is 0 Å². The SMILES string of the molecule is COc1cc(/C=N/N=C/c2cc(O)c(O)c(OC)c2)cc(O)c1O. The first kappa shape index (κ1) is 16.9. The van der Waals surface area contributed by atoms with Gasteiger partial charge in [-0.3, -0.25) is 0 Å². The first-order valence-corrected chi connectivity index (χ1v) is 6.72. The summed E-state index contributed by atoms with van der Waals surface area (Å²) in [6.45, 7) is 0. The quantitative estimate of drug-likeness (QED) is 0.377. The number of hydrogen-bond acceptors (Lipinski definition) is 8. The van der Waals surface area contributed by atoms with E-state index in [1.807, 2.05) is 0 Å². The van der Waals surface area contributed by atoms with Gasteiger partial charge < -0.3 is 29.9 Å². The van der Waals surface area contributed by atoms with Gasteiger partial charge in [0.25, 0.3) is 0 Å². The number of hydrogen-bond donors (Lipinski definition) is 4. The standard InChI is InChI=1S/C16H16N2O6/c1-23-13-5-9(3-11(19)15(13)21)7-17-18-8-10-4-12(20)16(22)14(6-10)24-2/h3-8,19-22H,1-2H3/b17-7+,18-8+. The van der Waals surface area contributed by atoms with E-state index in [4.69, 9.17) is 9.47 Å². The van der Waals surface area contributed by atoms with Crippen molar-refractivity contribution in [1.29, 1.82) is 0 Å². The molecular formula is C16H16N2O6. The number of aromatic hydroxyl groups is 4. The highest BCUT2D eigenvalue weighted by Gasteiger charge is 2.09. The molecule has 4 N–H and O–H groups in total. The number of phenols is 4. The third-order valence-electron chi connectivity index (χ3n) is 3.07. The van der Waals surface area contributed by atoms with E-state index in [9.17, 15) is 20.4 Å². The molecule has 0 saturated heterocycles. The van der Waals surface area contributed by atoms with Crippen molar-refractivity contribution in [2.24, 2.45) is 10.2 Å². The van der Waals surface area contributed by atoms with Crippen LogP contribution in [0.25, 0.3) is 0 Å². The number of phenolic OH excluding ortho intramolecular Hbond substituents is 4. The van der Waals surface area contributed by atoms with Crippen molar-refractivity contribution in [2.45, 2.75) is 0 Å². The molecule has 2 aromatic rings. The Bertz CT molecular complexity index is 734. The Hall–Kier alpha value is -3.42. The van der Waals surface area contributed by atoms with Crippen LogP contribution in [-0.2, 0) is 0 Å². The lowest BCUT2D eigenvalue weighted by Gasteiger charge is -2.06. The summed E-state index contributed by atoms with van der Waals surface area (Å²) in [5.74, 6) is -1.18. The molecule has 2 rings (SSSR count). The van der Waals surface area contributed by atoms with Gasteiger partial charge in [0.15, 0.2) is 23.0 Å². The van der Waals surface area contributed by atoms with Gasteiger partial charge >= 0.3 is 0 Å². The average molecular weight is 332 g/mol. The predicted octanol–water partition coefficient (Wildman–Crippen LogP) is 1.98. The Balaban J connectivity index is 2.19. The Morgan fingerprint density at radius 3 is 1.42 bits per heavy atom. The molecule has 8 heteroatoms. The van der Waals surface area contributed by atoms with Gasteiger partial charge in [0, 0.05) is 11.1 Å². The fraction of sp³-hybridized carbons (Fsp3) is 0.125. The first-order chi connectivity index (χ1) is 11.5. The fourth-order valence-electron chi connectivity index (χ4n) is 1.89. The first-order valence-electron chi connectivity index (χ1n) is 6.72. The summed E-state index contributed by atoms with van der Waals surface area (Å²) in [7, 11) is 2.72. The maximum Gasteiger partial charge on any atom is 0.200 e. The van der Waals surface area contributed by atoms with E-state index in [0.717, 1.165) is 0 Å². The molecule has 0 atom stereocenters. The van der Waals surface area contributed by atoms with Crippen molar-refractivity contribution in [3.63, 3.8) is 0 Å². The van der Waals surface area contributed by atoms with Crippen molar-refractivity contribution < 1.29 is 29.9 Å². The van der Waals surface area contributed by atoms with Crippen LogP contribution in [0.2, 0.25) is 0 Å². The third-order valence-corrected chi connectivity index (χ3v) is 3.07. The summed E-state index contributed by atoms with van der Waals surface area (Å²) >= 11 is 0. The zero-order valence-electron chi connectivity index (χ0n) is 13.0. The number of benzene rings is 2. The molecular weight excluding hydrogens is 316 g/mol. The van der Waals surface area contributed by atoms with Crippen LogP contribution >= 0.6 is 0 Å². The maximum absolute atomic E-state index is 9.57. The monoisotopic (exact) mass is 332 g/mol. The molecule has 0 aliphatic carbocycles. The Kier molecular flexibility index (Phi) is 5.10. The molecule has 8 nitrogen and oxygen atoms in total. The van der Waals surface area contributed by atoms with E-state index in [1.54, 1.807) is 0 Å². The Morgan fingerprint density at radius 2 is 1.08 bits per heavy atom. The van der Waals surface area contributed by atoms with E-state index in [-0.39, 0.29) is 34.5 Å². The summed E-state index contributed by atoms with van der Waals surface area (Å²) in [5, 5.41) is 45.8.